The van der Waals surface area contributed by atoms with Gasteiger partial charge >= 0.3 is 0 Å². The number of likely N-dealkylation sites (N-methyl/N-ethyl adjacent to an activating group) is 1. The zero-order valence-electron chi connectivity index (χ0n) is 10.3. The second-order valence-corrected chi connectivity index (χ2v) is 5.00. The number of amidine groups is 1. The molecule has 0 aromatic carbocycles. The number of aliphatic imine (C=N–C) groups is 1. The maximum Gasteiger partial charge on any atom is 0.241 e. The van der Waals surface area contributed by atoms with Crippen LogP contribution in [0.15, 0.2) is 4.99 Å². The standard InChI is InChI=1S/C11H21N3OS/c1-4-9-7-12-11(16-9)13-8-10(15)14(5-2)6-3/h9H,4-8H2,1-3H3,(H,12,13). The molecule has 92 valence electrons. The first kappa shape index (κ1) is 13.4. The minimum atomic E-state index is 0.147. The van der Waals surface area contributed by atoms with Gasteiger partial charge in [0.25, 0.3) is 0 Å². The quantitative estimate of drug-likeness (QED) is 0.792. The molecular formula is C11H21N3OS. The summed E-state index contributed by atoms with van der Waals surface area (Å²) in [6.45, 7) is 8.94. The van der Waals surface area contributed by atoms with E-state index in [-0.39, 0.29) is 5.91 Å². The minimum absolute atomic E-state index is 0.147. The molecule has 5 heteroatoms. The van der Waals surface area contributed by atoms with Gasteiger partial charge in [0.2, 0.25) is 5.91 Å². The molecule has 0 aromatic rings. The molecule has 0 fully saturated rings. The average molecular weight is 243 g/mol. The largest absolute Gasteiger partial charge is 0.356 e. The van der Waals surface area contributed by atoms with E-state index in [1.807, 2.05) is 18.7 Å². The van der Waals surface area contributed by atoms with E-state index in [1.165, 1.54) is 0 Å². The van der Waals surface area contributed by atoms with E-state index < -0.39 is 0 Å². The van der Waals surface area contributed by atoms with E-state index >= 15 is 0 Å². The lowest BCUT2D eigenvalue weighted by molar-refractivity contribution is -0.129. The van der Waals surface area contributed by atoms with E-state index in [9.17, 15) is 4.79 Å². The second-order valence-electron chi connectivity index (χ2n) is 3.71. The monoisotopic (exact) mass is 243 g/mol. The van der Waals surface area contributed by atoms with Crippen molar-refractivity contribution in [3.8, 4) is 0 Å². The van der Waals surface area contributed by atoms with Gasteiger partial charge in [0, 0.05) is 18.3 Å². The van der Waals surface area contributed by atoms with Crippen LogP contribution in [0.4, 0.5) is 0 Å². The summed E-state index contributed by atoms with van der Waals surface area (Å²) in [7, 11) is 0. The van der Waals surface area contributed by atoms with Gasteiger partial charge in [-0.15, -0.1) is 0 Å². The Morgan fingerprint density at radius 1 is 1.50 bits per heavy atom. The molecular weight excluding hydrogens is 222 g/mol. The van der Waals surface area contributed by atoms with Crippen LogP contribution >= 0.6 is 11.8 Å². The lowest BCUT2D eigenvalue weighted by Crippen LogP contribution is -2.39. The van der Waals surface area contributed by atoms with Crippen LogP contribution in [0.25, 0.3) is 0 Å². The van der Waals surface area contributed by atoms with Crippen molar-refractivity contribution in [3.05, 3.63) is 0 Å². The van der Waals surface area contributed by atoms with Gasteiger partial charge in [0.05, 0.1) is 13.1 Å². The summed E-state index contributed by atoms with van der Waals surface area (Å²) >= 11 is 1.75. The van der Waals surface area contributed by atoms with Crippen LogP contribution in [-0.2, 0) is 4.79 Å². The van der Waals surface area contributed by atoms with E-state index in [2.05, 4.69) is 17.2 Å². The molecule has 0 aliphatic carbocycles. The highest BCUT2D eigenvalue weighted by Crippen LogP contribution is 2.21. The summed E-state index contributed by atoms with van der Waals surface area (Å²) in [4.78, 5) is 17.9. The molecule has 0 saturated heterocycles. The smallest absolute Gasteiger partial charge is 0.241 e. The summed E-state index contributed by atoms with van der Waals surface area (Å²) in [5.41, 5.74) is 0. The molecule has 0 spiro atoms. The van der Waals surface area contributed by atoms with Crippen LogP contribution in [0.5, 0.6) is 0 Å². The zero-order chi connectivity index (χ0) is 12.0. The van der Waals surface area contributed by atoms with Crippen LogP contribution in [0.3, 0.4) is 0 Å². The molecule has 1 amide bonds. The topological polar surface area (TPSA) is 44.7 Å². The normalized spacial score (nSPS) is 19.4. The molecule has 0 saturated carbocycles. The van der Waals surface area contributed by atoms with Crippen LogP contribution in [0, 0.1) is 0 Å². The zero-order valence-corrected chi connectivity index (χ0v) is 11.1. The van der Waals surface area contributed by atoms with Crippen molar-refractivity contribution in [1.82, 2.24) is 10.2 Å². The fourth-order valence-corrected chi connectivity index (χ4v) is 2.50. The van der Waals surface area contributed by atoms with E-state index in [0.717, 1.165) is 31.2 Å². The van der Waals surface area contributed by atoms with Crippen molar-refractivity contribution in [1.29, 1.82) is 0 Å². The molecule has 1 unspecified atom stereocenters. The Bertz CT molecular complexity index is 264. The first-order chi connectivity index (χ1) is 7.71. The number of hydrogen-bond donors (Lipinski definition) is 1. The highest BCUT2D eigenvalue weighted by Gasteiger charge is 2.18. The molecule has 4 nitrogen and oxygen atoms in total. The van der Waals surface area contributed by atoms with Gasteiger partial charge in [0.15, 0.2) is 5.17 Å². The molecule has 1 N–H and O–H groups in total. The van der Waals surface area contributed by atoms with Gasteiger partial charge < -0.3 is 10.2 Å². The highest BCUT2D eigenvalue weighted by molar-refractivity contribution is 8.14. The van der Waals surface area contributed by atoms with E-state index in [0.29, 0.717) is 11.8 Å². The number of amides is 1. The van der Waals surface area contributed by atoms with Crippen molar-refractivity contribution in [2.24, 2.45) is 4.99 Å². The molecule has 1 aliphatic rings. The predicted octanol–water partition coefficient (Wildman–Crippen LogP) is 1.33. The van der Waals surface area contributed by atoms with Crippen molar-refractivity contribution in [2.75, 3.05) is 26.2 Å². The van der Waals surface area contributed by atoms with Crippen molar-refractivity contribution in [2.45, 2.75) is 32.4 Å². The number of hydrogen-bond acceptors (Lipinski definition) is 4. The fraction of sp³-hybridized carbons (Fsp3) is 0.818. The Balaban J connectivity index is 2.27. The van der Waals surface area contributed by atoms with E-state index in [1.54, 1.807) is 11.8 Å². The van der Waals surface area contributed by atoms with Crippen LogP contribution in [0.2, 0.25) is 0 Å². The first-order valence-electron chi connectivity index (χ1n) is 5.93. The summed E-state index contributed by atoms with van der Waals surface area (Å²) in [5, 5.41) is 4.63. The Morgan fingerprint density at radius 3 is 2.69 bits per heavy atom. The molecule has 1 heterocycles. The summed E-state index contributed by atoms with van der Waals surface area (Å²) in [5.74, 6) is 0.147. The summed E-state index contributed by atoms with van der Waals surface area (Å²) in [6.07, 6.45) is 1.13. The van der Waals surface area contributed by atoms with Gasteiger partial charge in [-0.05, 0) is 20.3 Å². The summed E-state index contributed by atoms with van der Waals surface area (Å²) in [6, 6.07) is 0. The van der Waals surface area contributed by atoms with Gasteiger partial charge in [-0.2, -0.15) is 0 Å². The number of nitrogens with one attached hydrogen (secondary N) is 1. The maximum absolute atomic E-state index is 11.7. The predicted molar refractivity (Wildman–Crippen MR) is 69.9 cm³/mol. The van der Waals surface area contributed by atoms with Crippen molar-refractivity contribution in [3.63, 3.8) is 0 Å². The lowest BCUT2D eigenvalue weighted by atomic mass is 10.3. The lowest BCUT2D eigenvalue weighted by Gasteiger charge is -2.18. The van der Waals surface area contributed by atoms with Crippen LogP contribution < -0.4 is 5.32 Å². The third kappa shape index (κ3) is 3.70. The highest BCUT2D eigenvalue weighted by atomic mass is 32.2. The van der Waals surface area contributed by atoms with Gasteiger partial charge in [-0.1, -0.05) is 18.7 Å². The SMILES string of the molecule is CCC1CN=C(NCC(=O)N(CC)CC)S1. The number of nitrogens with zero attached hydrogens (tertiary/aromatic N) is 2. The molecule has 0 aromatic heterocycles. The molecule has 0 radical (unpaired) electrons. The molecule has 1 rings (SSSR count). The second kappa shape index (κ2) is 6.78. The molecule has 1 aliphatic heterocycles. The number of thioether (sulfide) groups is 1. The maximum atomic E-state index is 11.7. The first-order valence-corrected chi connectivity index (χ1v) is 6.81. The van der Waals surface area contributed by atoms with Crippen molar-refractivity contribution >= 4 is 22.8 Å². The minimum Gasteiger partial charge on any atom is -0.356 e. The van der Waals surface area contributed by atoms with Gasteiger partial charge in [-0.25, -0.2) is 0 Å². The third-order valence-corrected chi connectivity index (χ3v) is 3.99. The Kier molecular flexibility index (Phi) is 5.66. The Labute approximate surface area is 102 Å². The fourth-order valence-electron chi connectivity index (χ4n) is 1.57. The Morgan fingerprint density at radius 2 is 2.19 bits per heavy atom. The van der Waals surface area contributed by atoms with E-state index in [4.69, 9.17) is 0 Å². The Hall–Kier alpha value is -0.710. The van der Waals surface area contributed by atoms with Crippen LogP contribution in [-0.4, -0.2) is 47.4 Å². The average Bonchev–Trinajstić information content (AvgIpc) is 2.76. The number of rotatable bonds is 5. The third-order valence-electron chi connectivity index (χ3n) is 2.68. The van der Waals surface area contributed by atoms with Gasteiger partial charge in [-0.3, -0.25) is 9.79 Å². The number of carbonyl (C=O) groups excluding carboxylic acids is 1. The number of carbonyl (C=O) groups is 1. The van der Waals surface area contributed by atoms with Crippen molar-refractivity contribution < 1.29 is 4.79 Å². The molecule has 0 bridgehead atoms. The molecule has 16 heavy (non-hydrogen) atoms. The summed E-state index contributed by atoms with van der Waals surface area (Å²) < 4.78 is 0. The molecule has 1 atom stereocenters. The van der Waals surface area contributed by atoms with Crippen LogP contribution in [0.1, 0.15) is 27.2 Å². The van der Waals surface area contributed by atoms with Gasteiger partial charge in [0.1, 0.15) is 0 Å².